The predicted octanol–water partition coefficient (Wildman–Crippen LogP) is 10.3. The smallest absolute Gasteiger partial charge is 0.775 e. The van der Waals surface area contributed by atoms with Gasteiger partial charge in [0.2, 0.25) is 17.7 Å². The van der Waals surface area contributed by atoms with Crippen LogP contribution in [0.1, 0.15) is 138 Å². The first-order valence-electron chi connectivity index (χ1n) is 25.1. The van der Waals surface area contributed by atoms with Crippen LogP contribution in [-0.4, -0.2) is 86.3 Å². The van der Waals surface area contributed by atoms with Crippen LogP contribution >= 0.6 is 58.2 Å². The SMILES string of the molecule is CC(C)(C)c1nc2ccc(Cl)c(S(=O)(=O)[C@H]3CCC[C@@H]3O)c2o1.CC(C)(C)c1nc2ccc(Cl)c(S[C@H]3CCC[C@@H]3O)c2o1.CC(C)(C)c1nc2ccc(Cl)c([S-])c2o1.Nc1ccc(Cl)c(S(=O)(=O)[C@H]2CCC[C@@H]2O)c1O.[Na+]. The van der Waals surface area contributed by atoms with Crippen molar-refractivity contribution in [3.63, 3.8) is 0 Å². The third-order valence-electron chi connectivity index (χ3n) is 13.3. The molecule has 3 aliphatic carbocycles. The van der Waals surface area contributed by atoms with E-state index in [2.05, 4.69) is 35.7 Å². The molecule has 0 amide bonds. The summed E-state index contributed by atoms with van der Waals surface area (Å²) in [4.78, 5) is 14.4. The average molecular weight is 1240 g/mol. The molecule has 3 heterocycles. The number of benzene rings is 4. The molecule has 3 aliphatic rings. The monoisotopic (exact) mass is 1240 g/mol. The van der Waals surface area contributed by atoms with Crippen molar-refractivity contribution >= 4 is 129 Å². The Balaban J connectivity index is 0.000000169. The minimum atomic E-state index is -3.88. The number of thioether (sulfide) groups is 1. The number of hydrogen-bond acceptors (Lipinski definition) is 17. The molecular formula is C54H65Cl4N4NaO11S4. The van der Waals surface area contributed by atoms with Crippen molar-refractivity contribution in [2.24, 2.45) is 0 Å². The van der Waals surface area contributed by atoms with E-state index in [1.54, 1.807) is 23.9 Å². The van der Waals surface area contributed by atoms with Gasteiger partial charge in [-0.25, -0.2) is 31.8 Å². The van der Waals surface area contributed by atoms with E-state index >= 15 is 0 Å². The third kappa shape index (κ3) is 14.1. The van der Waals surface area contributed by atoms with Gasteiger partial charge in [-0.2, -0.15) is 0 Å². The van der Waals surface area contributed by atoms with Gasteiger partial charge in [-0.1, -0.05) is 109 Å². The largest absolute Gasteiger partial charge is 1.00 e. The van der Waals surface area contributed by atoms with Gasteiger partial charge in [-0.05, 0) is 106 Å². The van der Waals surface area contributed by atoms with E-state index in [9.17, 15) is 37.3 Å². The van der Waals surface area contributed by atoms with Gasteiger partial charge in [0.1, 0.15) is 31.9 Å². The van der Waals surface area contributed by atoms with Crippen molar-refractivity contribution in [1.29, 1.82) is 0 Å². The molecule has 0 spiro atoms. The van der Waals surface area contributed by atoms with Crippen LogP contribution in [0.2, 0.25) is 20.1 Å². The number of nitrogens with two attached hydrogens (primary N) is 1. The van der Waals surface area contributed by atoms with E-state index in [-0.39, 0.29) is 88.3 Å². The zero-order valence-corrected chi connectivity index (χ0v) is 53.4. The molecule has 0 radical (unpaired) electrons. The normalized spacial score (nSPS) is 20.9. The summed E-state index contributed by atoms with van der Waals surface area (Å²) in [5.74, 6) is 1.32. The van der Waals surface area contributed by atoms with Gasteiger partial charge < -0.3 is 52.0 Å². The zero-order chi connectivity index (χ0) is 56.9. The summed E-state index contributed by atoms with van der Waals surface area (Å²) in [6, 6.07) is 13.2. The number of aliphatic hydroxyl groups is 3. The summed E-state index contributed by atoms with van der Waals surface area (Å²) in [5.41, 5.74) is 8.44. The van der Waals surface area contributed by atoms with Crippen LogP contribution < -0.4 is 35.3 Å². The number of aromatic hydroxyl groups is 1. The Labute approximate surface area is 507 Å². The van der Waals surface area contributed by atoms with Crippen LogP contribution in [-0.2, 0) is 48.5 Å². The maximum Gasteiger partial charge on any atom is 1.00 e. The standard InChI is InChI=1S/C16H20ClNO4S.C16H20ClNO2S.C11H14ClNO4S.C11H12ClNOS.Na/c1-16(2,3)15-18-10-8-7-9(17)14(13(10)22-15)23(20,21)12-6-4-5-11(12)19;1-16(2,3)15-18-10-8-7-9(17)14(13(10)20-15)21-12-6-4-5-11(12)19;12-6-4-5-7(13)10(15)11(6)18(16,17)9-3-1-2-8(9)14;1-11(2,3)10-13-7-5-4-6(12)9(15)8(7)14-10;/h7-8,11-12,19H,4-6H2,1-3H3;7-8,11-12,19H,4-6H2,1-3H3;4-5,8-9,14-15H,1-3,13H2;4-5,15H,1-3H3;/q;;;;+1/p-1/t2*11-,12-;8-,9-;;/m000../s1. The minimum Gasteiger partial charge on any atom is -0.775 e. The first kappa shape index (κ1) is 64.6. The Morgan fingerprint density at radius 3 is 1.40 bits per heavy atom. The molecule has 4 aromatic carbocycles. The molecule has 0 saturated heterocycles. The van der Waals surface area contributed by atoms with Gasteiger partial charge in [0.15, 0.2) is 36.6 Å². The van der Waals surface area contributed by atoms with Gasteiger partial charge >= 0.3 is 29.6 Å². The summed E-state index contributed by atoms with van der Waals surface area (Å²) in [5, 5.41) is 39.2. The fourth-order valence-electron chi connectivity index (χ4n) is 9.04. The van der Waals surface area contributed by atoms with E-state index in [0.29, 0.717) is 82.2 Å². The van der Waals surface area contributed by atoms with Crippen LogP contribution in [0.15, 0.2) is 81.4 Å². The number of nitrogen functional groups attached to an aromatic ring is 1. The number of rotatable bonds is 6. The number of hydrogen-bond donors (Lipinski definition) is 5. The fraction of sp³-hybridized carbons (Fsp3) is 0.500. The second kappa shape index (κ2) is 25.1. The number of phenols is 1. The number of phenolic OH excluding ortho intramolecular Hbond substituents is 1. The maximum absolute atomic E-state index is 13.0. The molecule has 420 valence electrons. The van der Waals surface area contributed by atoms with Gasteiger partial charge in [-0.3, -0.25) is 0 Å². The van der Waals surface area contributed by atoms with E-state index in [1.165, 1.54) is 18.2 Å². The van der Waals surface area contributed by atoms with E-state index in [1.807, 2.05) is 59.7 Å². The summed E-state index contributed by atoms with van der Waals surface area (Å²) < 4.78 is 68.2. The number of nitrogens with zero attached hydrogens (tertiary/aromatic N) is 3. The summed E-state index contributed by atoms with van der Waals surface area (Å²) in [6.45, 7) is 18.2. The first-order valence-corrected chi connectivity index (χ1v) is 31.0. The Morgan fingerprint density at radius 1 is 0.551 bits per heavy atom. The third-order valence-corrected chi connectivity index (χ3v) is 21.6. The average Bonchev–Trinajstić information content (AvgIpc) is 4.25. The van der Waals surface area contributed by atoms with Gasteiger partial charge in [0.25, 0.3) is 0 Å². The molecule has 15 nitrogen and oxygen atoms in total. The van der Waals surface area contributed by atoms with E-state index in [4.69, 9.17) is 78.0 Å². The number of sulfone groups is 2. The number of halogens is 4. The van der Waals surface area contributed by atoms with Crippen LogP contribution in [0.3, 0.4) is 0 Å². The van der Waals surface area contributed by atoms with Crippen molar-refractivity contribution < 1.29 is 80.1 Å². The Morgan fingerprint density at radius 2 is 0.936 bits per heavy atom. The quantitative estimate of drug-likeness (QED) is 0.0449. The minimum absolute atomic E-state index is 0. The molecule has 0 aliphatic heterocycles. The second-order valence-corrected chi connectivity index (χ2v) is 30.1. The summed E-state index contributed by atoms with van der Waals surface area (Å²) in [7, 11) is -7.68. The van der Waals surface area contributed by atoms with Crippen molar-refractivity contribution in [2.45, 2.75) is 190 Å². The Hall–Kier alpha value is -2.60. The van der Waals surface area contributed by atoms with E-state index < -0.39 is 48.1 Å². The molecular weight excluding hydrogens is 1170 g/mol. The van der Waals surface area contributed by atoms with Gasteiger partial charge in [0.05, 0.1) is 54.5 Å². The first-order chi connectivity index (χ1) is 35.7. The van der Waals surface area contributed by atoms with Crippen molar-refractivity contribution in [1.82, 2.24) is 15.0 Å². The molecule has 78 heavy (non-hydrogen) atoms. The molecule has 3 aromatic heterocycles. The van der Waals surface area contributed by atoms with Crippen molar-refractivity contribution in [3.05, 3.63) is 86.3 Å². The summed E-state index contributed by atoms with van der Waals surface area (Å²) in [6.07, 6.45) is 3.92. The molecule has 0 unspecified atom stereocenters. The number of aliphatic hydroxyl groups excluding tert-OH is 3. The summed E-state index contributed by atoms with van der Waals surface area (Å²) >= 11 is 31.1. The fourth-order valence-corrected chi connectivity index (χ4v) is 16.1. The van der Waals surface area contributed by atoms with E-state index in [0.717, 1.165) is 40.8 Å². The second-order valence-electron chi connectivity index (χ2n) is 22.6. The number of fused-ring (bicyclic) bond motifs is 3. The molecule has 24 heteroatoms. The number of oxazole rings is 3. The maximum atomic E-state index is 13.0. The molecule has 0 bridgehead atoms. The topological polar surface area (TPSA) is 253 Å². The van der Waals surface area contributed by atoms with Gasteiger partial charge in [-0.15, -0.1) is 16.7 Å². The molecule has 3 saturated carbocycles. The Kier molecular flexibility index (Phi) is 20.8. The van der Waals surface area contributed by atoms with Gasteiger partial charge in [0, 0.05) is 26.5 Å². The molecule has 7 aromatic rings. The molecule has 3 fully saturated rings. The van der Waals surface area contributed by atoms with Crippen LogP contribution in [0.5, 0.6) is 5.75 Å². The Bertz CT molecular complexity index is 3520. The number of anilines is 1. The molecule has 10 rings (SSSR count). The molecule has 6 N–H and O–H groups in total. The van der Waals surface area contributed by atoms with Crippen LogP contribution in [0, 0.1) is 0 Å². The zero-order valence-electron chi connectivity index (χ0n) is 45.2. The molecule has 6 atom stereocenters. The van der Waals surface area contributed by atoms with Crippen LogP contribution in [0.4, 0.5) is 5.69 Å². The van der Waals surface area contributed by atoms with Crippen molar-refractivity contribution in [2.75, 3.05) is 5.73 Å². The predicted molar refractivity (Wildman–Crippen MR) is 307 cm³/mol. The van der Waals surface area contributed by atoms with Crippen LogP contribution in [0.25, 0.3) is 33.3 Å². The van der Waals surface area contributed by atoms with Crippen molar-refractivity contribution in [3.8, 4) is 5.75 Å². The number of aromatic nitrogens is 3.